The van der Waals surface area contributed by atoms with E-state index in [1.807, 2.05) is 6.07 Å². The zero-order valence-electron chi connectivity index (χ0n) is 10.8. The van der Waals surface area contributed by atoms with E-state index in [1.165, 1.54) is 7.11 Å². The molecule has 2 rings (SSSR count). The van der Waals surface area contributed by atoms with Gasteiger partial charge in [-0.15, -0.1) is 12.4 Å². The van der Waals surface area contributed by atoms with E-state index < -0.39 is 0 Å². The molecule has 0 amide bonds. The molecule has 1 aromatic rings. The first-order valence-corrected chi connectivity index (χ1v) is 5.97. The van der Waals surface area contributed by atoms with Gasteiger partial charge in [0, 0.05) is 32.2 Å². The summed E-state index contributed by atoms with van der Waals surface area (Å²) in [7, 11) is 1.48. The van der Waals surface area contributed by atoms with Gasteiger partial charge in [0.05, 0.1) is 7.11 Å². The van der Waals surface area contributed by atoms with Gasteiger partial charge in [-0.25, -0.2) is 4.39 Å². The molecule has 5 heteroatoms. The fraction of sp³-hybridized carbons (Fsp3) is 0.538. The molecule has 0 spiro atoms. The molecule has 1 N–H and O–H groups in total. The maximum Gasteiger partial charge on any atom is 0.165 e. The fourth-order valence-corrected chi connectivity index (χ4v) is 2.22. The number of hydrogen-bond acceptors (Lipinski definition) is 3. The summed E-state index contributed by atoms with van der Waals surface area (Å²) in [6.07, 6.45) is 0. The molecular weight excluding hydrogens is 255 g/mol. The van der Waals surface area contributed by atoms with Crippen molar-refractivity contribution in [2.45, 2.75) is 19.5 Å². The topological polar surface area (TPSA) is 24.5 Å². The smallest absolute Gasteiger partial charge is 0.165 e. The first-order chi connectivity index (χ1) is 8.19. The third kappa shape index (κ3) is 3.83. The molecule has 1 aliphatic rings. The van der Waals surface area contributed by atoms with Crippen molar-refractivity contribution in [1.29, 1.82) is 0 Å². The Bertz CT molecular complexity index is 389. The molecule has 1 unspecified atom stereocenters. The largest absolute Gasteiger partial charge is 0.494 e. The zero-order valence-corrected chi connectivity index (χ0v) is 11.6. The molecule has 1 atom stereocenters. The van der Waals surface area contributed by atoms with Crippen LogP contribution < -0.4 is 10.1 Å². The average Bonchev–Trinajstić information content (AvgIpc) is 2.29. The Kier molecular flexibility index (Phi) is 5.85. The van der Waals surface area contributed by atoms with Crippen LogP contribution in [0.4, 0.5) is 4.39 Å². The van der Waals surface area contributed by atoms with Crippen molar-refractivity contribution in [3.05, 3.63) is 29.6 Å². The van der Waals surface area contributed by atoms with E-state index in [1.54, 1.807) is 12.1 Å². The average molecular weight is 275 g/mol. The Labute approximate surface area is 114 Å². The predicted octanol–water partition coefficient (Wildman–Crippen LogP) is 2.05. The number of halogens is 2. The fourth-order valence-electron chi connectivity index (χ4n) is 2.22. The summed E-state index contributed by atoms with van der Waals surface area (Å²) in [5.41, 5.74) is 0.998. The van der Waals surface area contributed by atoms with Crippen LogP contribution in [0.2, 0.25) is 0 Å². The number of benzene rings is 1. The first-order valence-electron chi connectivity index (χ1n) is 5.97. The second kappa shape index (κ2) is 6.92. The summed E-state index contributed by atoms with van der Waals surface area (Å²) in [6.45, 7) is 5.99. The van der Waals surface area contributed by atoms with Gasteiger partial charge in [0.25, 0.3) is 0 Å². The van der Waals surface area contributed by atoms with Crippen molar-refractivity contribution in [2.24, 2.45) is 0 Å². The highest BCUT2D eigenvalue weighted by Crippen LogP contribution is 2.18. The van der Waals surface area contributed by atoms with Crippen molar-refractivity contribution in [3.8, 4) is 5.75 Å². The molecule has 102 valence electrons. The van der Waals surface area contributed by atoms with Crippen molar-refractivity contribution < 1.29 is 9.13 Å². The van der Waals surface area contributed by atoms with Gasteiger partial charge in [-0.2, -0.15) is 0 Å². The van der Waals surface area contributed by atoms with Crippen molar-refractivity contribution in [2.75, 3.05) is 26.7 Å². The minimum atomic E-state index is -0.284. The van der Waals surface area contributed by atoms with Gasteiger partial charge in [0.1, 0.15) is 0 Å². The molecule has 0 bridgehead atoms. The Hall–Kier alpha value is -0.840. The van der Waals surface area contributed by atoms with Crippen LogP contribution in [0.15, 0.2) is 18.2 Å². The standard InChI is InChI=1S/C13H19FN2O.ClH/c1-10-8-16(6-5-15-10)9-11-3-4-13(17-2)12(14)7-11;/h3-4,7,10,15H,5-6,8-9H2,1-2H3;1H. The quantitative estimate of drug-likeness (QED) is 0.913. The molecule has 1 saturated heterocycles. The molecule has 1 fully saturated rings. The van der Waals surface area contributed by atoms with E-state index in [4.69, 9.17) is 4.74 Å². The number of nitrogens with one attached hydrogen (secondary N) is 1. The normalized spacial score (nSPS) is 20.3. The van der Waals surface area contributed by atoms with Gasteiger partial charge in [-0.1, -0.05) is 6.07 Å². The summed E-state index contributed by atoms with van der Waals surface area (Å²) < 4.78 is 18.4. The third-order valence-corrected chi connectivity index (χ3v) is 3.08. The minimum Gasteiger partial charge on any atom is -0.494 e. The zero-order chi connectivity index (χ0) is 12.3. The molecule has 18 heavy (non-hydrogen) atoms. The van der Waals surface area contributed by atoms with E-state index in [0.717, 1.165) is 31.7 Å². The lowest BCUT2D eigenvalue weighted by Crippen LogP contribution is -2.48. The molecule has 1 heterocycles. The Morgan fingerprint density at radius 2 is 2.28 bits per heavy atom. The maximum atomic E-state index is 13.5. The van der Waals surface area contributed by atoms with Crippen LogP contribution in [0, 0.1) is 5.82 Å². The second-order valence-electron chi connectivity index (χ2n) is 4.56. The van der Waals surface area contributed by atoms with Crippen molar-refractivity contribution in [1.82, 2.24) is 10.2 Å². The van der Waals surface area contributed by atoms with Gasteiger partial charge in [0.15, 0.2) is 11.6 Å². The van der Waals surface area contributed by atoms with E-state index in [-0.39, 0.29) is 18.2 Å². The number of methoxy groups -OCH3 is 1. The molecule has 1 aliphatic heterocycles. The second-order valence-corrected chi connectivity index (χ2v) is 4.56. The Balaban J connectivity index is 0.00000162. The van der Waals surface area contributed by atoms with E-state index in [9.17, 15) is 4.39 Å². The molecular formula is C13H20ClFN2O. The van der Waals surface area contributed by atoms with Crippen LogP contribution >= 0.6 is 12.4 Å². The number of piperazine rings is 1. The Morgan fingerprint density at radius 3 is 2.89 bits per heavy atom. The van der Waals surface area contributed by atoms with Crippen LogP contribution in [0.5, 0.6) is 5.75 Å². The molecule has 3 nitrogen and oxygen atoms in total. The van der Waals surface area contributed by atoms with E-state index >= 15 is 0 Å². The number of hydrogen-bond donors (Lipinski definition) is 1. The van der Waals surface area contributed by atoms with Crippen LogP contribution in [-0.2, 0) is 6.54 Å². The SMILES string of the molecule is COc1ccc(CN2CCNC(C)C2)cc1F.Cl. The summed E-state index contributed by atoms with van der Waals surface area (Å²) in [6, 6.07) is 5.68. The van der Waals surface area contributed by atoms with Crippen molar-refractivity contribution >= 4 is 12.4 Å². The molecule has 0 aliphatic carbocycles. The van der Waals surface area contributed by atoms with Gasteiger partial charge >= 0.3 is 0 Å². The summed E-state index contributed by atoms with van der Waals surface area (Å²) in [4.78, 5) is 2.34. The first kappa shape index (κ1) is 15.2. The van der Waals surface area contributed by atoms with Gasteiger partial charge < -0.3 is 10.1 Å². The highest BCUT2D eigenvalue weighted by atomic mass is 35.5. The molecule has 0 saturated carbocycles. The van der Waals surface area contributed by atoms with Crippen LogP contribution in [0.1, 0.15) is 12.5 Å². The van der Waals surface area contributed by atoms with Gasteiger partial charge in [0.2, 0.25) is 0 Å². The summed E-state index contributed by atoms with van der Waals surface area (Å²) in [5, 5.41) is 3.39. The predicted molar refractivity (Wildman–Crippen MR) is 72.9 cm³/mol. The lowest BCUT2D eigenvalue weighted by Gasteiger charge is -2.31. The van der Waals surface area contributed by atoms with E-state index in [2.05, 4.69) is 17.1 Å². The van der Waals surface area contributed by atoms with Gasteiger partial charge in [-0.3, -0.25) is 4.90 Å². The van der Waals surface area contributed by atoms with Gasteiger partial charge in [-0.05, 0) is 24.6 Å². The Morgan fingerprint density at radius 1 is 1.50 bits per heavy atom. The van der Waals surface area contributed by atoms with Crippen LogP contribution in [0.25, 0.3) is 0 Å². The number of ether oxygens (including phenoxy) is 1. The van der Waals surface area contributed by atoms with E-state index in [0.29, 0.717) is 11.8 Å². The van der Waals surface area contributed by atoms with Crippen molar-refractivity contribution in [3.63, 3.8) is 0 Å². The highest BCUT2D eigenvalue weighted by Gasteiger charge is 2.16. The minimum absolute atomic E-state index is 0. The monoisotopic (exact) mass is 274 g/mol. The maximum absolute atomic E-state index is 13.5. The summed E-state index contributed by atoms with van der Waals surface area (Å²) >= 11 is 0. The van der Waals surface area contributed by atoms with Crippen LogP contribution in [-0.4, -0.2) is 37.7 Å². The lowest BCUT2D eigenvalue weighted by molar-refractivity contribution is 0.199. The number of rotatable bonds is 3. The molecule has 0 radical (unpaired) electrons. The molecule has 1 aromatic carbocycles. The number of nitrogens with zero attached hydrogens (tertiary/aromatic N) is 1. The van der Waals surface area contributed by atoms with Crippen LogP contribution in [0.3, 0.4) is 0 Å². The molecule has 0 aromatic heterocycles. The highest BCUT2D eigenvalue weighted by molar-refractivity contribution is 5.85. The lowest BCUT2D eigenvalue weighted by atomic mass is 10.1. The summed E-state index contributed by atoms with van der Waals surface area (Å²) in [5.74, 6) is 0.0237. The third-order valence-electron chi connectivity index (χ3n) is 3.08.